The molecule has 15 heteroatoms. The highest BCUT2D eigenvalue weighted by Gasteiger charge is 2.47. The van der Waals surface area contributed by atoms with Gasteiger partial charge in [-0.25, -0.2) is 0 Å². The first-order valence-electron chi connectivity index (χ1n) is 18.0. The lowest BCUT2D eigenvalue weighted by Gasteiger charge is -2.42. The van der Waals surface area contributed by atoms with Gasteiger partial charge in [0.2, 0.25) is 0 Å². The normalized spacial score (nSPS) is 43.3. The van der Waals surface area contributed by atoms with Crippen LogP contribution in [0.25, 0.3) is 0 Å². The Morgan fingerprint density at radius 1 is 0.885 bits per heavy atom. The van der Waals surface area contributed by atoms with Crippen LogP contribution in [-0.4, -0.2) is 139 Å². The summed E-state index contributed by atoms with van der Waals surface area (Å²) in [6, 6.07) is 0. The Labute approximate surface area is 305 Å². The second-order valence-corrected chi connectivity index (χ2v) is 14.2. The molecule has 0 aromatic carbocycles. The molecular formula is C37H58O15. The monoisotopic (exact) mass is 742 g/mol. The summed E-state index contributed by atoms with van der Waals surface area (Å²) in [5, 5.41) is 42.7. The number of ether oxygens (including phenoxy) is 7. The lowest BCUT2D eigenvalue weighted by atomic mass is 9.79. The molecule has 15 nitrogen and oxygen atoms in total. The second kappa shape index (κ2) is 20.3. The molecule has 0 radical (unpaired) electrons. The predicted molar refractivity (Wildman–Crippen MR) is 183 cm³/mol. The van der Waals surface area contributed by atoms with Crippen LogP contribution in [0.4, 0.5) is 0 Å². The number of rotatable bonds is 10. The summed E-state index contributed by atoms with van der Waals surface area (Å²) in [5.41, 5.74) is 0.672. The van der Waals surface area contributed by atoms with Gasteiger partial charge in [0, 0.05) is 38.4 Å². The van der Waals surface area contributed by atoms with Crippen LogP contribution in [0.15, 0.2) is 23.8 Å². The number of hydrogen-bond donors (Lipinski definition) is 4. The first-order chi connectivity index (χ1) is 24.6. The van der Waals surface area contributed by atoms with E-state index in [1.54, 1.807) is 33.8 Å². The molecule has 0 bridgehead atoms. The summed E-state index contributed by atoms with van der Waals surface area (Å²) in [6.45, 7) is 10.0. The lowest BCUT2D eigenvalue weighted by molar-refractivity contribution is -0.304. The first kappa shape index (κ1) is 44.0. The van der Waals surface area contributed by atoms with Crippen LogP contribution in [-0.2, 0) is 52.3 Å². The molecule has 0 aromatic rings. The molecule has 52 heavy (non-hydrogen) atoms. The van der Waals surface area contributed by atoms with E-state index >= 15 is 0 Å². The number of allylic oxidation sites excluding steroid dienone is 3. The van der Waals surface area contributed by atoms with Crippen molar-refractivity contribution in [2.24, 2.45) is 23.7 Å². The van der Waals surface area contributed by atoms with Crippen molar-refractivity contribution in [2.45, 2.75) is 141 Å². The number of aldehydes is 1. The quantitative estimate of drug-likeness (QED) is 0.183. The molecule has 3 aliphatic heterocycles. The Balaban J connectivity index is 1.95. The molecule has 3 rings (SSSR count). The van der Waals surface area contributed by atoms with Gasteiger partial charge in [-0.05, 0) is 45.6 Å². The van der Waals surface area contributed by atoms with Gasteiger partial charge in [0.05, 0.1) is 37.4 Å². The Morgan fingerprint density at radius 2 is 1.54 bits per heavy atom. The summed E-state index contributed by atoms with van der Waals surface area (Å²) in [5.74, 6) is -4.63. The van der Waals surface area contributed by atoms with Crippen LogP contribution >= 0.6 is 0 Å². The van der Waals surface area contributed by atoms with Gasteiger partial charge in [0.1, 0.15) is 36.8 Å². The number of carbonyl (C=O) groups excluding carboxylic acids is 4. The lowest BCUT2D eigenvalue weighted by Crippen LogP contribution is -2.59. The summed E-state index contributed by atoms with van der Waals surface area (Å²) in [6.07, 6.45) is -7.76. The third-order valence-corrected chi connectivity index (χ3v) is 10.3. The summed E-state index contributed by atoms with van der Waals surface area (Å²) >= 11 is 0. The van der Waals surface area contributed by atoms with Gasteiger partial charge >= 0.3 is 5.97 Å². The van der Waals surface area contributed by atoms with Gasteiger partial charge < -0.3 is 58.4 Å². The van der Waals surface area contributed by atoms with E-state index in [9.17, 15) is 39.6 Å². The van der Waals surface area contributed by atoms with E-state index in [-0.39, 0.29) is 25.2 Å². The van der Waals surface area contributed by atoms with E-state index < -0.39 is 115 Å². The molecule has 0 saturated carbocycles. The van der Waals surface area contributed by atoms with Crippen LogP contribution in [0, 0.1) is 23.7 Å². The zero-order valence-electron chi connectivity index (χ0n) is 31.4. The predicted octanol–water partition coefficient (Wildman–Crippen LogP) is 1.20. The molecule has 9 unspecified atom stereocenters. The minimum Gasteiger partial charge on any atom is -0.462 e. The Bertz CT molecular complexity index is 1250. The number of methoxy groups -OCH3 is 2. The van der Waals surface area contributed by atoms with Crippen molar-refractivity contribution < 1.29 is 72.8 Å². The molecule has 4 N–H and O–H groups in total. The number of Topliss-reactive ketones (excluding diaryl/α,β-unsaturated/α-hetero) is 1. The van der Waals surface area contributed by atoms with Gasteiger partial charge in [-0.3, -0.25) is 14.4 Å². The molecule has 2 saturated heterocycles. The third kappa shape index (κ3) is 11.1. The zero-order valence-corrected chi connectivity index (χ0v) is 31.4. The second-order valence-electron chi connectivity index (χ2n) is 14.2. The Morgan fingerprint density at radius 3 is 2.15 bits per heavy atom. The molecule has 0 spiro atoms. The minimum absolute atomic E-state index is 0.0110. The Kier molecular flexibility index (Phi) is 17.2. The zero-order chi connectivity index (χ0) is 38.9. The smallest absolute Gasteiger partial charge is 0.308 e. The Hall–Kier alpha value is -2.44. The van der Waals surface area contributed by atoms with Crippen LogP contribution < -0.4 is 0 Å². The van der Waals surface area contributed by atoms with Gasteiger partial charge in [-0.1, -0.05) is 38.5 Å². The summed E-state index contributed by atoms with van der Waals surface area (Å²) in [7, 11) is 2.91. The fourth-order valence-electron chi connectivity index (χ4n) is 7.03. The van der Waals surface area contributed by atoms with Crippen LogP contribution in [0.3, 0.4) is 0 Å². The average molecular weight is 743 g/mol. The maximum atomic E-state index is 13.4. The number of hydrogen-bond acceptors (Lipinski definition) is 15. The summed E-state index contributed by atoms with van der Waals surface area (Å²) < 4.78 is 40.8. The maximum Gasteiger partial charge on any atom is 0.308 e. The number of ketones is 2. The summed E-state index contributed by atoms with van der Waals surface area (Å²) in [4.78, 5) is 51.3. The fourth-order valence-corrected chi connectivity index (χ4v) is 7.03. The first-order valence-corrected chi connectivity index (χ1v) is 18.0. The highest BCUT2D eigenvalue weighted by molar-refractivity contribution is 5.91. The average Bonchev–Trinajstić information content (AvgIpc) is 3.11. The number of aliphatic hydroxyl groups excluding tert-OH is 4. The molecular weight excluding hydrogens is 684 g/mol. The standard InChI is InChI=1S/C37H58O15/c1-9-27-24(17-48-37-35(47-8)34(46-7)30(43)22(6)50-37)14-18(2)10-11-25(39)19(3)15-23(12-13-38)33(20(4)26(40)16-28(41)51-27)52-36-32(45)31(44)29(42)21(5)49-36/h10-11,13-14,19-24,26-27,29-30,32-37,40,42-43,45H,9,12,15-17H2,1-8H3/b11-10+,18-14+/t19-,20+,21?,22?,23+,24-,26-,27-,29?,30?,32?,33-,34?,35?,36?,37?/m1/s1. The highest BCUT2D eigenvalue weighted by atomic mass is 16.7. The largest absolute Gasteiger partial charge is 0.462 e. The SMILES string of the molecule is CC[C@H]1OC(=O)C[C@@H](O)[C@H](C)[C@@H](OC2OC(C)C(O)C(=O)C2O)[C@@H](CC=O)C[C@@H](C)C(=O)/C=C/C(C)=C/[C@@H]1COC1OC(C)C(O)C(OC)C1OC. The van der Waals surface area contributed by atoms with E-state index in [2.05, 4.69) is 0 Å². The van der Waals surface area contributed by atoms with Crippen LogP contribution in [0.5, 0.6) is 0 Å². The van der Waals surface area contributed by atoms with E-state index in [1.165, 1.54) is 27.2 Å². The van der Waals surface area contributed by atoms with Gasteiger partial charge in [-0.15, -0.1) is 0 Å². The van der Waals surface area contributed by atoms with E-state index in [0.717, 1.165) is 0 Å². The van der Waals surface area contributed by atoms with Crippen molar-refractivity contribution in [3.63, 3.8) is 0 Å². The van der Waals surface area contributed by atoms with Crippen molar-refractivity contribution in [2.75, 3.05) is 20.8 Å². The van der Waals surface area contributed by atoms with Gasteiger partial charge in [0.25, 0.3) is 0 Å². The van der Waals surface area contributed by atoms with Crippen molar-refractivity contribution in [3.05, 3.63) is 23.8 Å². The van der Waals surface area contributed by atoms with Crippen LogP contribution in [0.1, 0.15) is 67.2 Å². The third-order valence-electron chi connectivity index (χ3n) is 10.3. The molecule has 296 valence electrons. The minimum atomic E-state index is -1.86. The van der Waals surface area contributed by atoms with Gasteiger partial charge in [-0.2, -0.15) is 0 Å². The number of cyclic esters (lactones) is 1. The maximum absolute atomic E-state index is 13.4. The number of esters is 1. The molecule has 3 heterocycles. The number of carbonyl (C=O) groups is 4. The molecule has 3 aliphatic rings. The van der Waals surface area contributed by atoms with Crippen molar-refractivity contribution in [3.8, 4) is 0 Å². The van der Waals surface area contributed by atoms with Crippen molar-refractivity contribution >= 4 is 23.8 Å². The van der Waals surface area contributed by atoms with Crippen LogP contribution in [0.2, 0.25) is 0 Å². The molecule has 0 amide bonds. The van der Waals surface area contributed by atoms with E-state index in [1.807, 2.05) is 13.0 Å². The molecule has 2 fully saturated rings. The fraction of sp³-hybridized carbons (Fsp3) is 0.784. The number of aliphatic hydroxyl groups is 4. The van der Waals surface area contributed by atoms with E-state index in [0.29, 0.717) is 18.3 Å². The van der Waals surface area contributed by atoms with E-state index in [4.69, 9.17) is 33.2 Å². The molecule has 0 aliphatic carbocycles. The highest BCUT2D eigenvalue weighted by Crippen LogP contribution is 2.33. The molecule has 16 atom stereocenters. The van der Waals surface area contributed by atoms with Crippen molar-refractivity contribution in [1.29, 1.82) is 0 Å². The van der Waals surface area contributed by atoms with Gasteiger partial charge in [0.15, 0.2) is 30.3 Å². The topological polar surface area (TPSA) is 214 Å². The van der Waals surface area contributed by atoms with Crippen molar-refractivity contribution in [1.82, 2.24) is 0 Å². The molecule has 0 aromatic heterocycles.